The van der Waals surface area contributed by atoms with Crippen LogP contribution in [0.3, 0.4) is 0 Å². The van der Waals surface area contributed by atoms with Gasteiger partial charge >= 0.3 is 0 Å². The van der Waals surface area contributed by atoms with E-state index in [9.17, 15) is 8.42 Å². The summed E-state index contributed by atoms with van der Waals surface area (Å²) in [6.45, 7) is 2.53. The number of hydrogen-bond donors (Lipinski definition) is 1. The number of nitrogens with two attached hydrogens (primary N) is 1. The zero-order valence-electron chi connectivity index (χ0n) is 12.6. The molecule has 0 radical (unpaired) electrons. The van der Waals surface area contributed by atoms with Crippen molar-refractivity contribution in [2.75, 3.05) is 10.8 Å². The highest BCUT2D eigenvalue weighted by Crippen LogP contribution is 2.36. The van der Waals surface area contributed by atoms with Crippen molar-refractivity contribution in [1.29, 1.82) is 0 Å². The number of fused-ring (bicyclic) bond motifs is 1. The molecule has 0 bridgehead atoms. The molecule has 0 amide bonds. The summed E-state index contributed by atoms with van der Waals surface area (Å²) in [5.41, 5.74) is 8.97. The summed E-state index contributed by atoms with van der Waals surface area (Å²) >= 11 is 0. The van der Waals surface area contributed by atoms with Crippen molar-refractivity contribution in [3.05, 3.63) is 29.3 Å². The topological polar surface area (TPSA) is 63.4 Å². The average molecular weight is 308 g/mol. The maximum atomic E-state index is 12.9. The molecule has 1 aliphatic carbocycles. The lowest BCUT2D eigenvalue weighted by Gasteiger charge is -2.28. The Morgan fingerprint density at radius 1 is 1.24 bits per heavy atom. The fraction of sp³-hybridized carbons (Fsp3) is 0.625. The molecule has 21 heavy (non-hydrogen) atoms. The number of sulfonamides is 1. The van der Waals surface area contributed by atoms with Crippen molar-refractivity contribution in [3.63, 3.8) is 0 Å². The van der Waals surface area contributed by atoms with E-state index in [0.29, 0.717) is 6.54 Å². The molecule has 0 saturated heterocycles. The molecule has 1 heterocycles. The molecule has 1 aliphatic heterocycles. The Kier molecular flexibility index (Phi) is 3.97. The van der Waals surface area contributed by atoms with Crippen LogP contribution in [0.15, 0.2) is 18.2 Å². The van der Waals surface area contributed by atoms with Crippen LogP contribution in [0.25, 0.3) is 0 Å². The van der Waals surface area contributed by atoms with Gasteiger partial charge in [0.05, 0.1) is 10.9 Å². The van der Waals surface area contributed by atoms with Gasteiger partial charge in [0.1, 0.15) is 0 Å². The fourth-order valence-corrected chi connectivity index (χ4v) is 5.57. The quantitative estimate of drug-likeness (QED) is 0.934. The van der Waals surface area contributed by atoms with E-state index in [4.69, 9.17) is 5.73 Å². The van der Waals surface area contributed by atoms with Crippen LogP contribution in [0.2, 0.25) is 0 Å². The number of rotatable bonds is 3. The van der Waals surface area contributed by atoms with E-state index in [1.54, 1.807) is 4.31 Å². The monoisotopic (exact) mass is 308 g/mol. The minimum Gasteiger partial charge on any atom is -0.324 e. The minimum absolute atomic E-state index is 0.0145. The molecule has 1 saturated carbocycles. The summed E-state index contributed by atoms with van der Waals surface area (Å²) < 4.78 is 27.4. The Labute approximate surface area is 127 Å². The molecule has 3 rings (SSSR count). The Morgan fingerprint density at radius 2 is 1.95 bits per heavy atom. The van der Waals surface area contributed by atoms with Crippen LogP contribution in [0.1, 0.15) is 56.2 Å². The van der Waals surface area contributed by atoms with Gasteiger partial charge in [-0.15, -0.1) is 0 Å². The zero-order chi connectivity index (χ0) is 15.0. The molecule has 2 N–H and O–H groups in total. The van der Waals surface area contributed by atoms with Gasteiger partial charge in [-0.05, 0) is 43.4 Å². The van der Waals surface area contributed by atoms with Gasteiger partial charge in [-0.3, -0.25) is 4.31 Å². The standard InChI is InChI=1S/C16H24N2O2S/c1-12(17)13-7-8-16-14(11-13)9-10-18(16)21(19,20)15-5-3-2-4-6-15/h7-8,11-12,15H,2-6,9-10,17H2,1H3. The Hall–Kier alpha value is -1.07. The molecular formula is C16H24N2O2S. The lowest BCUT2D eigenvalue weighted by Crippen LogP contribution is -2.38. The van der Waals surface area contributed by atoms with Crippen molar-refractivity contribution in [2.24, 2.45) is 5.73 Å². The zero-order valence-corrected chi connectivity index (χ0v) is 13.4. The average Bonchev–Trinajstić information content (AvgIpc) is 2.91. The van der Waals surface area contributed by atoms with Crippen LogP contribution in [0.4, 0.5) is 5.69 Å². The largest absolute Gasteiger partial charge is 0.324 e. The second kappa shape index (κ2) is 5.61. The highest BCUT2D eigenvalue weighted by atomic mass is 32.2. The molecule has 4 nitrogen and oxygen atoms in total. The van der Waals surface area contributed by atoms with E-state index >= 15 is 0 Å². The lowest BCUT2D eigenvalue weighted by molar-refractivity contribution is 0.482. The highest BCUT2D eigenvalue weighted by Gasteiger charge is 2.36. The minimum atomic E-state index is -3.21. The molecular weight excluding hydrogens is 284 g/mol. The van der Waals surface area contributed by atoms with Gasteiger partial charge in [0, 0.05) is 12.6 Å². The third-order valence-corrected chi connectivity index (χ3v) is 7.07. The SMILES string of the molecule is CC(N)c1ccc2c(c1)CCN2S(=O)(=O)C1CCCCC1. The van der Waals surface area contributed by atoms with Crippen molar-refractivity contribution >= 4 is 15.7 Å². The van der Waals surface area contributed by atoms with Gasteiger partial charge in [-0.25, -0.2) is 8.42 Å². The molecule has 1 fully saturated rings. The van der Waals surface area contributed by atoms with Gasteiger partial charge in [-0.1, -0.05) is 31.4 Å². The first-order chi connectivity index (χ1) is 10.00. The van der Waals surface area contributed by atoms with Gasteiger partial charge in [-0.2, -0.15) is 0 Å². The highest BCUT2D eigenvalue weighted by molar-refractivity contribution is 7.93. The Morgan fingerprint density at radius 3 is 2.62 bits per heavy atom. The van der Waals surface area contributed by atoms with E-state index in [2.05, 4.69) is 6.07 Å². The molecule has 1 aromatic carbocycles. The van der Waals surface area contributed by atoms with Crippen molar-refractivity contribution in [1.82, 2.24) is 0 Å². The van der Waals surface area contributed by atoms with E-state index in [1.807, 2.05) is 19.1 Å². The van der Waals surface area contributed by atoms with E-state index < -0.39 is 10.0 Å². The first-order valence-corrected chi connectivity index (χ1v) is 9.40. The number of hydrogen-bond acceptors (Lipinski definition) is 3. The molecule has 1 unspecified atom stereocenters. The van der Waals surface area contributed by atoms with Gasteiger partial charge in [0.2, 0.25) is 10.0 Å². The summed E-state index contributed by atoms with van der Waals surface area (Å²) in [5.74, 6) is 0. The third-order valence-electron chi connectivity index (χ3n) is 4.76. The maximum absolute atomic E-state index is 12.9. The molecule has 116 valence electrons. The first-order valence-electron chi connectivity index (χ1n) is 7.90. The molecule has 0 aromatic heterocycles. The second-order valence-corrected chi connectivity index (χ2v) is 8.44. The van der Waals surface area contributed by atoms with Crippen molar-refractivity contribution in [3.8, 4) is 0 Å². The van der Waals surface area contributed by atoms with Gasteiger partial charge in [0.15, 0.2) is 0 Å². The number of benzene rings is 1. The summed E-state index contributed by atoms with van der Waals surface area (Å²) in [7, 11) is -3.21. The van der Waals surface area contributed by atoms with Crippen LogP contribution in [-0.2, 0) is 16.4 Å². The summed E-state index contributed by atoms with van der Waals surface area (Å²) in [4.78, 5) is 0. The normalized spacial score (nSPS) is 21.3. The maximum Gasteiger partial charge on any atom is 0.238 e. The molecule has 1 atom stereocenters. The molecule has 1 aromatic rings. The Balaban J connectivity index is 1.89. The van der Waals surface area contributed by atoms with Crippen LogP contribution < -0.4 is 10.0 Å². The van der Waals surface area contributed by atoms with Gasteiger partial charge in [0.25, 0.3) is 0 Å². The second-order valence-electron chi connectivity index (χ2n) is 6.30. The van der Waals surface area contributed by atoms with Crippen LogP contribution in [0, 0.1) is 0 Å². The predicted octanol–water partition coefficient (Wildman–Crippen LogP) is 2.73. The van der Waals surface area contributed by atoms with Crippen LogP contribution in [-0.4, -0.2) is 20.2 Å². The smallest absolute Gasteiger partial charge is 0.238 e. The summed E-state index contributed by atoms with van der Waals surface area (Å²) in [6.07, 6.45) is 5.66. The molecule has 5 heteroatoms. The summed E-state index contributed by atoms with van der Waals surface area (Å²) in [5, 5.41) is -0.190. The lowest BCUT2D eigenvalue weighted by atomic mass is 10.0. The molecule has 0 spiro atoms. The number of nitrogens with zero attached hydrogens (tertiary/aromatic N) is 1. The van der Waals surface area contributed by atoms with Crippen molar-refractivity contribution < 1.29 is 8.42 Å². The molecule has 2 aliphatic rings. The Bertz CT molecular complexity index is 619. The first kappa shape index (κ1) is 14.9. The van der Waals surface area contributed by atoms with Crippen LogP contribution in [0.5, 0.6) is 0 Å². The predicted molar refractivity (Wildman–Crippen MR) is 85.9 cm³/mol. The van der Waals surface area contributed by atoms with E-state index in [0.717, 1.165) is 48.9 Å². The van der Waals surface area contributed by atoms with Gasteiger partial charge < -0.3 is 5.73 Å². The number of anilines is 1. The third kappa shape index (κ3) is 2.69. The fourth-order valence-electron chi connectivity index (χ4n) is 3.48. The van der Waals surface area contributed by atoms with Crippen LogP contribution >= 0.6 is 0 Å². The van der Waals surface area contributed by atoms with Crippen molar-refractivity contribution in [2.45, 2.75) is 56.7 Å². The summed E-state index contributed by atoms with van der Waals surface area (Å²) in [6, 6.07) is 5.94. The van der Waals surface area contributed by atoms with E-state index in [-0.39, 0.29) is 11.3 Å². The van der Waals surface area contributed by atoms with E-state index in [1.165, 1.54) is 6.42 Å².